The Balaban J connectivity index is 1.60. The number of Topliss-reactive ketones (excluding diaryl/α,β-unsaturated/α-hetero) is 1. The van der Waals surface area contributed by atoms with E-state index in [1.807, 2.05) is 18.2 Å². The average molecular weight is 245 g/mol. The van der Waals surface area contributed by atoms with Crippen molar-refractivity contribution < 1.29 is 9.53 Å². The number of carbonyl (C=O) groups is 1. The largest absolute Gasteiger partial charge is 0.366 e. The van der Waals surface area contributed by atoms with Crippen LogP contribution in [0.2, 0.25) is 0 Å². The number of ketones is 1. The van der Waals surface area contributed by atoms with Crippen molar-refractivity contribution in [2.24, 2.45) is 11.7 Å². The van der Waals surface area contributed by atoms with Gasteiger partial charge in [0.2, 0.25) is 0 Å². The van der Waals surface area contributed by atoms with Gasteiger partial charge in [-0.15, -0.1) is 0 Å². The maximum atomic E-state index is 12.3. The van der Waals surface area contributed by atoms with Crippen LogP contribution in [0.5, 0.6) is 0 Å². The molecule has 96 valence electrons. The highest BCUT2D eigenvalue weighted by molar-refractivity contribution is 5.89. The van der Waals surface area contributed by atoms with Gasteiger partial charge in [0.1, 0.15) is 6.10 Å². The molecule has 1 aliphatic heterocycles. The average Bonchev–Trinajstić information content (AvgIpc) is 3.08. The number of carbonyl (C=O) groups excluding carboxylic acids is 1. The quantitative estimate of drug-likeness (QED) is 0.881. The minimum Gasteiger partial charge on any atom is -0.366 e. The van der Waals surface area contributed by atoms with Gasteiger partial charge in [0, 0.05) is 12.5 Å². The summed E-state index contributed by atoms with van der Waals surface area (Å²) in [7, 11) is 0. The first-order valence-corrected chi connectivity index (χ1v) is 6.74. The van der Waals surface area contributed by atoms with E-state index in [9.17, 15) is 4.79 Å². The standard InChI is InChI=1S/C15H19NO2/c16-9-11-6-7-14(18-11)15(17)13-8-12(13)10-4-2-1-3-5-10/h1-5,11-14H,6-9,16H2. The van der Waals surface area contributed by atoms with Crippen LogP contribution in [-0.2, 0) is 9.53 Å². The van der Waals surface area contributed by atoms with Crippen molar-refractivity contribution in [3.05, 3.63) is 35.9 Å². The van der Waals surface area contributed by atoms with Gasteiger partial charge >= 0.3 is 0 Å². The topological polar surface area (TPSA) is 52.3 Å². The molecular weight excluding hydrogens is 226 g/mol. The first-order valence-electron chi connectivity index (χ1n) is 6.74. The summed E-state index contributed by atoms with van der Waals surface area (Å²) in [6, 6.07) is 10.3. The molecule has 18 heavy (non-hydrogen) atoms. The first kappa shape index (κ1) is 11.9. The second-order valence-electron chi connectivity index (χ2n) is 5.32. The number of nitrogens with two attached hydrogens (primary N) is 1. The predicted molar refractivity (Wildman–Crippen MR) is 69.2 cm³/mol. The molecule has 0 radical (unpaired) electrons. The predicted octanol–water partition coefficient (Wildman–Crippen LogP) is 1.87. The van der Waals surface area contributed by atoms with Crippen LogP contribution in [0.25, 0.3) is 0 Å². The summed E-state index contributed by atoms with van der Waals surface area (Å²) >= 11 is 0. The Hall–Kier alpha value is -1.19. The van der Waals surface area contributed by atoms with Crippen molar-refractivity contribution in [3.63, 3.8) is 0 Å². The first-order chi connectivity index (χ1) is 8.79. The number of hydrogen-bond acceptors (Lipinski definition) is 3. The summed E-state index contributed by atoms with van der Waals surface area (Å²) in [4.78, 5) is 12.3. The summed E-state index contributed by atoms with van der Waals surface area (Å²) in [5.74, 6) is 0.882. The van der Waals surface area contributed by atoms with Crippen molar-refractivity contribution in [2.45, 2.75) is 37.4 Å². The molecule has 1 aromatic carbocycles. The normalized spacial score (nSPS) is 34.5. The molecule has 1 aromatic rings. The van der Waals surface area contributed by atoms with Crippen molar-refractivity contribution in [3.8, 4) is 0 Å². The van der Waals surface area contributed by atoms with E-state index in [0.29, 0.717) is 18.2 Å². The van der Waals surface area contributed by atoms with Gasteiger partial charge in [-0.05, 0) is 30.7 Å². The summed E-state index contributed by atoms with van der Waals surface area (Å²) in [5, 5.41) is 0. The van der Waals surface area contributed by atoms with Crippen LogP contribution < -0.4 is 5.73 Å². The Morgan fingerprint density at radius 3 is 2.72 bits per heavy atom. The Morgan fingerprint density at radius 2 is 2.06 bits per heavy atom. The monoisotopic (exact) mass is 245 g/mol. The van der Waals surface area contributed by atoms with E-state index in [1.54, 1.807) is 0 Å². The van der Waals surface area contributed by atoms with Crippen LogP contribution >= 0.6 is 0 Å². The van der Waals surface area contributed by atoms with Crippen molar-refractivity contribution in [1.82, 2.24) is 0 Å². The van der Waals surface area contributed by atoms with E-state index in [4.69, 9.17) is 10.5 Å². The van der Waals surface area contributed by atoms with Crippen LogP contribution in [0.4, 0.5) is 0 Å². The maximum absolute atomic E-state index is 12.3. The molecule has 2 N–H and O–H groups in total. The minimum absolute atomic E-state index is 0.0906. The molecule has 1 saturated carbocycles. The molecule has 1 heterocycles. The Morgan fingerprint density at radius 1 is 1.28 bits per heavy atom. The van der Waals surface area contributed by atoms with E-state index in [0.717, 1.165) is 19.3 Å². The van der Waals surface area contributed by atoms with Gasteiger partial charge in [-0.25, -0.2) is 0 Å². The zero-order valence-corrected chi connectivity index (χ0v) is 10.4. The number of ether oxygens (including phenoxy) is 1. The Kier molecular flexibility index (Phi) is 3.18. The van der Waals surface area contributed by atoms with Gasteiger partial charge in [-0.2, -0.15) is 0 Å². The molecule has 0 spiro atoms. The van der Waals surface area contributed by atoms with Gasteiger partial charge in [0.15, 0.2) is 5.78 Å². The highest BCUT2D eigenvalue weighted by Crippen LogP contribution is 2.49. The van der Waals surface area contributed by atoms with E-state index >= 15 is 0 Å². The second-order valence-corrected chi connectivity index (χ2v) is 5.32. The smallest absolute Gasteiger partial charge is 0.165 e. The summed E-state index contributed by atoms with van der Waals surface area (Å²) in [6.45, 7) is 0.524. The van der Waals surface area contributed by atoms with E-state index in [2.05, 4.69) is 12.1 Å². The fourth-order valence-electron chi connectivity index (χ4n) is 2.91. The van der Waals surface area contributed by atoms with Crippen LogP contribution in [0.1, 0.15) is 30.7 Å². The molecule has 0 bridgehead atoms. The molecule has 1 saturated heterocycles. The number of benzene rings is 1. The molecule has 1 aliphatic carbocycles. The van der Waals surface area contributed by atoms with E-state index in [1.165, 1.54) is 5.56 Å². The third-order valence-corrected chi connectivity index (χ3v) is 4.07. The molecule has 2 fully saturated rings. The third kappa shape index (κ3) is 2.20. The van der Waals surface area contributed by atoms with E-state index < -0.39 is 0 Å². The molecule has 3 heteroatoms. The van der Waals surface area contributed by atoms with Gasteiger partial charge in [-0.3, -0.25) is 4.79 Å². The lowest BCUT2D eigenvalue weighted by Crippen LogP contribution is -2.26. The SMILES string of the molecule is NCC1CCC(C(=O)C2CC2c2ccccc2)O1. The van der Waals surface area contributed by atoms with Crippen molar-refractivity contribution >= 4 is 5.78 Å². The molecular formula is C15H19NO2. The summed E-state index contributed by atoms with van der Waals surface area (Å²) < 4.78 is 5.68. The highest BCUT2D eigenvalue weighted by Gasteiger charge is 2.47. The molecule has 3 rings (SSSR count). The van der Waals surface area contributed by atoms with Crippen LogP contribution in [0.3, 0.4) is 0 Å². The maximum Gasteiger partial charge on any atom is 0.165 e. The lowest BCUT2D eigenvalue weighted by atomic mass is 10.0. The van der Waals surface area contributed by atoms with E-state index in [-0.39, 0.29) is 18.1 Å². The molecule has 4 atom stereocenters. The number of hydrogen-bond donors (Lipinski definition) is 1. The Bertz CT molecular complexity index is 431. The van der Waals surface area contributed by atoms with Crippen molar-refractivity contribution in [1.29, 1.82) is 0 Å². The zero-order chi connectivity index (χ0) is 12.5. The van der Waals surface area contributed by atoms with Gasteiger partial charge in [0.05, 0.1) is 6.10 Å². The highest BCUT2D eigenvalue weighted by atomic mass is 16.5. The van der Waals surface area contributed by atoms with Crippen LogP contribution in [0, 0.1) is 5.92 Å². The molecule has 0 amide bonds. The fourth-order valence-corrected chi connectivity index (χ4v) is 2.91. The van der Waals surface area contributed by atoms with Crippen LogP contribution in [-0.4, -0.2) is 24.5 Å². The van der Waals surface area contributed by atoms with Gasteiger partial charge < -0.3 is 10.5 Å². The lowest BCUT2D eigenvalue weighted by Gasteiger charge is -2.11. The van der Waals surface area contributed by atoms with Crippen molar-refractivity contribution in [2.75, 3.05) is 6.54 Å². The number of rotatable bonds is 4. The molecule has 2 aliphatic rings. The zero-order valence-electron chi connectivity index (χ0n) is 10.4. The van der Waals surface area contributed by atoms with Gasteiger partial charge in [0.25, 0.3) is 0 Å². The lowest BCUT2D eigenvalue weighted by molar-refractivity contribution is -0.131. The summed E-state index contributed by atoms with van der Waals surface area (Å²) in [5.41, 5.74) is 6.85. The molecule has 4 unspecified atom stereocenters. The molecule has 3 nitrogen and oxygen atoms in total. The molecule has 0 aromatic heterocycles. The van der Waals surface area contributed by atoms with Gasteiger partial charge in [-0.1, -0.05) is 30.3 Å². The van der Waals surface area contributed by atoms with Crippen LogP contribution in [0.15, 0.2) is 30.3 Å². The Labute approximate surface area is 107 Å². The summed E-state index contributed by atoms with van der Waals surface area (Å²) in [6.07, 6.45) is 2.65. The second kappa shape index (κ2) is 4.82. The minimum atomic E-state index is -0.197. The third-order valence-electron chi connectivity index (χ3n) is 4.07. The fraction of sp³-hybridized carbons (Fsp3) is 0.533.